The summed E-state index contributed by atoms with van der Waals surface area (Å²) in [7, 11) is 1.59. The number of carbonyl (C=O) groups is 3. The summed E-state index contributed by atoms with van der Waals surface area (Å²) in [5.74, 6) is 0.113. The maximum atomic E-state index is 13.5. The van der Waals surface area contributed by atoms with Gasteiger partial charge in [0.1, 0.15) is 17.5 Å². The average molecular weight is 486 g/mol. The van der Waals surface area contributed by atoms with E-state index in [4.69, 9.17) is 4.74 Å². The first-order chi connectivity index (χ1) is 16.4. The highest BCUT2D eigenvalue weighted by Gasteiger charge is 2.41. The van der Waals surface area contributed by atoms with E-state index in [1.165, 1.54) is 0 Å². The molecule has 10 heteroatoms. The third-order valence-electron chi connectivity index (χ3n) is 6.66. The van der Waals surface area contributed by atoms with Crippen molar-refractivity contribution < 1.29 is 19.1 Å². The van der Waals surface area contributed by atoms with Crippen molar-refractivity contribution in [2.75, 3.05) is 33.0 Å². The van der Waals surface area contributed by atoms with Gasteiger partial charge in [-0.2, -0.15) is 11.8 Å². The molecule has 0 aliphatic carbocycles. The van der Waals surface area contributed by atoms with E-state index >= 15 is 0 Å². The first-order valence-electron chi connectivity index (χ1n) is 11.4. The fraction of sp³-hybridized carbons (Fsp3) is 0.500. The van der Waals surface area contributed by atoms with Gasteiger partial charge in [-0.05, 0) is 50.4 Å². The Bertz CT molecular complexity index is 1090. The van der Waals surface area contributed by atoms with Gasteiger partial charge < -0.3 is 25.3 Å². The van der Waals surface area contributed by atoms with Crippen LogP contribution in [0.4, 0.5) is 0 Å². The van der Waals surface area contributed by atoms with E-state index in [-0.39, 0.29) is 34.9 Å². The Morgan fingerprint density at radius 1 is 1.41 bits per heavy atom. The molecule has 0 bridgehead atoms. The lowest BCUT2D eigenvalue weighted by Crippen LogP contribution is -2.50. The molecule has 0 spiro atoms. The van der Waals surface area contributed by atoms with Gasteiger partial charge >= 0.3 is 0 Å². The summed E-state index contributed by atoms with van der Waals surface area (Å²) >= 11 is 1.65. The summed E-state index contributed by atoms with van der Waals surface area (Å²) in [5.41, 5.74) is 1.22. The van der Waals surface area contributed by atoms with Crippen LogP contribution in [0.15, 0.2) is 29.3 Å². The Kier molecular flexibility index (Phi) is 7.45. The number of fused-ring (bicyclic) bond motifs is 1. The zero-order valence-electron chi connectivity index (χ0n) is 19.5. The van der Waals surface area contributed by atoms with Gasteiger partial charge in [-0.25, -0.2) is 0 Å². The van der Waals surface area contributed by atoms with Crippen molar-refractivity contribution in [1.82, 2.24) is 20.5 Å². The van der Waals surface area contributed by atoms with Crippen LogP contribution in [-0.2, 0) is 9.59 Å². The number of ether oxygens (including phenoxy) is 1. The number of likely N-dealkylation sites (tertiary alicyclic amines) is 1. The third kappa shape index (κ3) is 4.91. The van der Waals surface area contributed by atoms with Gasteiger partial charge in [0.2, 0.25) is 11.8 Å². The van der Waals surface area contributed by atoms with E-state index in [0.29, 0.717) is 43.9 Å². The highest BCUT2D eigenvalue weighted by molar-refractivity contribution is 7.99. The summed E-state index contributed by atoms with van der Waals surface area (Å²) in [6, 6.07) is 6.48. The quantitative estimate of drug-likeness (QED) is 0.469. The predicted octanol–water partition coefficient (Wildman–Crippen LogP) is 1.83. The lowest BCUT2D eigenvalue weighted by molar-refractivity contribution is -0.126. The minimum absolute atomic E-state index is 0.0117. The van der Waals surface area contributed by atoms with Crippen LogP contribution in [0.3, 0.4) is 0 Å². The van der Waals surface area contributed by atoms with Crippen molar-refractivity contribution in [1.29, 1.82) is 0 Å². The number of amides is 3. The van der Waals surface area contributed by atoms with Crippen LogP contribution in [0.5, 0.6) is 5.75 Å². The van der Waals surface area contributed by atoms with Crippen LogP contribution in [0.2, 0.25) is 0 Å². The molecule has 1 aromatic heterocycles. The predicted molar refractivity (Wildman–Crippen MR) is 134 cm³/mol. The molecule has 9 nitrogen and oxygen atoms in total. The number of benzene rings is 1. The topological polar surface area (TPSA) is 116 Å². The number of aromatic nitrogens is 1. The average Bonchev–Trinajstić information content (AvgIpc) is 3.56. The zero-order chi connectivity index (χ0) is 24.2. The van der Waals surface area contributed by atoms with Gasteiger partial charge in [-0.3, -0.25) is 19.4 Å². The van der Waals surface area contributed by atoms with Crippen molar-refractivity contribution >= 4 is 47.1 Å². The number of carbonyl (C=O) groups excluding carboxylic acids is 3. The Balaban J connectivity index is 1.52. The van der Waals surface area contributed by atoms with E-state index in [0.717, 1.165) is 17.3 Å². The highest BCUT2D eigenvalue weighted by Crippen LogP contribution is 2.31. The molecule has 3 N–H and O–H groups in total. The van der Waals surface area contributed by atoms with Crippen molar-refractivity contribution in [2.45, 2.75) is 36.6 Å². The molecule has 34 heavy (non-hydrogen) atoms. The van der Waals surface area contributed by atoms with Crippen LogP contribution in [0.25, 0.3) is 10.9 Å². The Morgan fingerprint density at radius 3 is 2.91 bits per heavy atom. The summed E-state index contributed by atoms with van der Waals surface area (Å²) in [5, 5.41) is 6.86. The molecule has 0 saturated carbocycles. The number of rotatable bonds is 9. The largest absolute Gasteiger partial charge is 0.496 e. The molecule has 2 aliphatic rings. The number of thioether (sulfide) groups is 1. The number of hydrogen-bond donors (Lipinski definition) is 3. The zero-order valence-corrected chi connectivity index (χ0v) is 20.3. The van der Waals surface area contributed by atoms with Gasteiger partial charge in [0.25, 0.3) is 5.91 Å². The van der Waals surface area contributed by atoms with Crippen molar-refractivity contribution in [3.05, 3.63) is 30.0 Å². The van der Waals surface area contributed by atoms with Crippen LogP contribution < -0.4 is 15.4 Å². The molecule has 2 aliphatic heterocycles. The lowest BCUT2D eigenvalue weighted by atomic mass is 9.98. The Labute approximate surface area is 203 Å². The molecular weight excluding hydrogens is 454 g/mol. The molecular formula is C24H31N5O4S. The van der Waals surface area contributed by atoms with E-state index in [9.17, 15) is 14.4 Å². The number of H-pyrrole nitrogens is 1. The summed E-state index contributed by atoms with van der Waals surface area (Å²) < 4.78 is 5.41. The van der Waals surface area contributed by atoms with Gasteiger partial charge in [0.15, 0.2) is 0 Å². The van der Waals surface area contributed by atoms with E-state index in [2.05, 4.69) is 27.3 Å². The lowest BCUT2D eigenvalue weighted by Gasteiger charge is -2.26. The molecule has 182 valence electrons. The summed E-state index contributed by atoms with van der Waals surface area (Å²) in [4.78, 5) is 47.7. The maximum Gasteiger partial charge on any atom is 0.271 e. The molecule has 4 rings (SSSR count). The minimum atomic E-state index is -0.594. The minimum Gasteiger partial charge on any atom is -0.496 e. The molecule has 0 unspecified atom stereocenters. The molecule has 2 aromatic rings. The first-order valence-corrected chi connectivity index (χ1v) is 12.7. The van der Waals surface area contributed by atoms with E-state index in [1.54, 1.807) is 29.8 Å². The van der Waals surface area contributed by atoms with Crippen molar-refractivity contribution in [2.24, 2.45) is 10.9 Å². The SMILES string of the molecule is C=NC[C@H](C[C@@H]1CCNC1=O)NC(=O)[C@@H]1C[C@@H](SC)CN1C(=O)c1cc2c(OC)cccc2[nH]1. The number of nitrogens with zero attached hydrogens (tertiary/aromatic N) is 2. The third-order valence-corrected chi connectivity index (χ3v) is 7.67. The van der Waals surface area contributed by atoms with Gasteiger partial charge in [-0.1, -0.05) is 6.07 Å². The molecule has 3 amide bonds. The normalized spacial score (nSPS) is 23.1. The van der Waals surface area contributed by atoms with Gasteiger partial charge in [-0.15, -0.1) is 0 Å². The molecule has 2 fully saturated rings. The standard InChI is InChI=1S/C24H31N5O4S/c1-25-12-15(9-14-7-8-26-22(14)30)27-23(31)20-10-16(34-3)13-29(20)24(32)19-11-17-18(28-19)5-4-6-21(17)33-2/h4-6,11,14-16,20,28H,1,7-10,12-13H2,2-3H3,(H,26,30)(H,27,31)/t14-,15-,16+,20-/m0/s1. The number of methoxy groups -OCH3 is 1. The smallest absolute Gasteiger partial charge is 0.271 e. The van der Waals surface area contributed by atoms with Crippen molar-refractivity contribution in [3.8, 4) is 5.75 Å². The van der Waals surface area contributed by atoms with E-state index < -0.39 is 6.04 Å². The fourth-order valence-electron chi connectivity index (χ4n) is 4.86. The van der Waals surface area contributed by atoms with Gasteiger partial charge in [0, 0.05) is 41.2 Å². The van der Waals surface area contributed by atoms with Crippen LogP contribution in [0, 0.1) is 5.92 Å². The Hall–Kier alpha value is -3.01. The molecule has 2 saturated heterocycles. The summed E-state index contributed by atoms with van der Waals surface area (Å²) in [6.45, 7) is 5.02. The molecule has 0 radical (unpaired) electrons. The monoisotopic (exact) mass is 485 g/mol. The first kappa shape index (κ1) is 24.1. The second-order valence-corrected chi connectivity index (χ2v) is 9.93. The highest BCUT2D eigenvalue weighted by atomic mass is 32.2. The van der Waals surface area contributed by atoms with Gasteiger partial charge in [0.05, 0.1) is 13.7 Å². The number of aliphatic imine (C=N–C) groups is 1. The number of hydrogen-bond acceptors (Lipinski definition) is 6. The van der Waals surface area contributed by atoms with Crippen LogP contribution in [-0.4, -0.2) is 84.7 Å². The Morgan fingerprint density at radius 2 is 2.24 bits per heavy atom. The maximum absolute atomic E-state index is 13.5. The molecule has 1 aromatic carbocycles. The second kappa shape index (κ2) is 10.5. The van der Waals surface area contributed by atoms with Crippen LogP contribution in [0.1, 0.15) is 29.8 Å². The molecule has 4 atom stereocenters. The fourth-order valence-corrected chi connectivity index (χ4v) is 5.55. The summed E-state index contributed by atoms with van der Waals surface area (Å²) in [6.07, 6.45) is 3.81. The van der Waals surface area contributed by atoms with E-state index in [1.807, 2.05) is 24.5 Å². The van der Waals surface area contributed by atoms with Crippen LogP contribution >= 0.6 is 11.8 Å². The van der Waals surface area contributed by atoms with Crippen molar-refractivity contribution in [3.63, 3.8) is 0 Å². The number of aromatic amines is 1. The molecule has 3 heterocycles. The number of nitrogens with one attached hydrogen (secondary N) is 3. The second-order valence-electron chi connectivity index (χ2n) is 8.80.